The average molecular weight is 165 g/mol. The van der Waals surface area contributed by atoms with Crippen molar-refractivity contribution in [3.05, 3.63) is 23.7 Å². The fourth-order valence-electron chi connectivity index (χ4n) is 1.33. The first kappa shape index (κ1) is 7.87. The molecule has 0 radical (unpaired) electrons. The maximum absolute atomic E-state index is 5.20. The van der Waals surface area contributed by atoms with Crippen LogP contribution >= 0.6 is 0 Å². The van der Waals surface area contributed by atoms with E-state index in [9.17, 15) is 0 Å². The van der Waals surface area contributed by atoms with E-state index in [0.29, 0.717) is 0 Å². The van der Waals surface area contributed by atoms with E-state index in [1.165, 1.54) is 24.9 Å². The van der Waals surface area contributed by atoms with Gasteiger partial charge in [-0.25, -0.2) is 0 Å². The maximum atomic E-state index is 5.20. The first-order chi connectivity index (χ1) is 5.84. The van der Waals surface area contributed by atoms with Crippen LogP contribution < -0.4 is 5.32 Å². The summed E-state index contributed by atoms with van der Waals surface area (Å²) in [5.41, 5.74) is 1.26. The monoisotopic (exact) mass is 165 g/mol. The molecule has 1 saturated carbocycles. The molecule has 1 fully saturated rings. The van der Waals surface area contributed by atoms with Crippen molar-refractivity contribution in [1.82, 2.24) is 5.32 Å². The van der Waals surface area contributed by atoms with E-state index in [-0.39, 0.29) is 0 Å². The predicted molar refractivity (Wildman–Crippen MR) is 47.9 cm³/mol. The Balaban J connectivity index is 1.71. The lowest BCUT2D eigenvalue weighted by Gasteiger charge is -1.98. The van der Waals surface area contributed by atoms with Crippen LogP contribution in [0.2, 0.25) is 0 Å². The zero-order valence-corrected chi connectivity index (χ0v) is 7.47. The highest BCUT2D eigenvalue weighted by Gasteiger charge is 2.20. The van der Waals surface area contributed by atoms with Gasteiger partial charge in [0.25, 0.3) is 0 Å². The van der Waals surface area contributed by atoms with Crippen LogP contribution in [0.1, 0.15) is 24.2 Å². The first-order valence-corrected chi connectivity index (χ1v) is 4.59. The van der Waals surface area contributed by atoms with Crippen LogP contribution in [-0.4, -0.2) is 6.54 Å². The van der Waals surface area contributed by atoms with Crippen molar-refractivity contribution < 1.29 is 4.42 Å². The molecule has 0 aliphatic heterocycles. The Kier molecular flexibility index (Phi) is 2.17. The van der Waals surface area contributed by atoms with Crippen molar-refractivity contribution in [1.29, 1.82) is 0 Å². The Morgan fingerprint density at radius 3 is 3.00 bits per heavy atom. The summed E-state index contributed by atoms with van der Waals surface area (Å²) in [6.45, 7) is 4.10. The van der Waals surface area contributed by atoms with Gasteiger partial charge >= 0.3 is 0 Å². The van der Waals surface area contributed by atoms with Crippen LogP contribution in [0.25, 0.3) is 0 Å². The van der Waals surface area contributed by atoms with Gasteiger partial charge in [-0.05, 0) is 38.3 Å². The molecule has 66 valence electrons. The highest BCUT2D eigenvalue weighted by molar-refractivity contribution is 5.11. The van der Waals surface area contributed by atoms with Crippen LogP contribution in [0, 0.1) is 12.8 Å². The van der Waals surface area contributed by atoms with Gasteiger partial charge in [0.15, 0.2) is 0 Å². The Hall–Kier alpha value is -0.760. The number of nitrogens with one attached hydrogen (secondary N) is 1. The molecule has 1 heterocycles. The Morgan fingerprint density at radius 1 is 1.58 bits per heavy atom. The van der Waals surface area contributed by atoms with Crippen molar-refractivity contribution in [3.63, 3.8) is 0 Å². The molecule has 0 unspecified atom stereocenters. The maximum Gasteiger partial charge on any atom is 0.101 e. The number of rotatable bonds is 4. The van der Waals surface area contributed by atoms with Crippen molar-refractivity contribution in [2.75, 3.05) is 6.54 Å². The molecular formula is C10H15NO. The lowest BCUT2D eigenvalue weighted by molar-refractivity contribution is 0.529. The number of hydrogen-bond donors (Lipinski definition) is 1. The van der Waals surface area contributed by atoms with Crippen molar-refractivity contribution >= 4 is 0 Å². The van der Waals surface area contributed by atoms with E-state index in [4.69, 9.17) is 4.42 Å². The molecule has 1 aromatic rings. The Morgan fingerprint density at radius 2 is 2.42 bits per heavy atom. The summed E-state index contributed by atoms with van der Waals surface area (Å²) in [5, 5.41) is 3.42. The van der Waals surface area contributed by atoms with Crippen LogP contribution in [0.4, 0.5) is 0 Å². The Labute approximate surface area is 73.0 Å². The summed E-state index contributed by atoms with van der Waals surface area (Å²) in [5.74, 6) is 1.95. The average Bonchev–Trinajstić information content (AvgIpc) is 2.76. The zero-order valence-electron chi connectivity index (χ0n) is 7.47. The summed E-state index contributed by atoms with van der Waals surface area (Å²) in [6.07, 6.45) is 4.66. The minimum atomic E-state index is 0.952. The van der Waals surface area contributed by atoms with Crippen LogP contribution in [0.5, 0.6) is 0 Å². The quantitative estimate of drug-likeness (QED) is 0.739. The smallest absolute Gasteiger partial charge is 0.101 e. The second kappa shape index (κ2) is 3.31. The topological polar surface area (TPSA) is 25.2 Å². The van der Waals surface area contributed by atoms with E-state index >= 15 is 0 Å². The second-order valence-electron chi connectivity index (χ2n) is 3.64. The molecule has 2 rings (SSSR count). The summed E-state index contributed by atoms with van der Waals surface area (Å²) < 4.78 is 5.20. The van der Waals surface area contributed by atoms with E-state index in [1.54, 1.807) is 0 Å². The normalized spacial score (nSPS) is 16.8. The molecule has 0 bridgehead atoms. The minimum absolute atomic E-state index is 0.952. The predicted octanol–water partition coefficient (Wildman–Crippen LogP) is 2.09. The van der Waals surface area contributed by atoms with Crippen LogP contribution in [-0.2, 0) is 6.54 Å². The van der Waals surface area contributed by atoms with Crippen molar-refractivity contribution in [3.8, 4) is 0 Å². The SMILES string of the molecule is Cc1cc(CNCC2CC2)co1. The highest BCUT2D eigenvalue weighted by Crippen LogP contribution is 2.27. The van der Waals surface area contributed by atoms with E-state index in [2.05, 4.69) is 11.4 Å². The third kappa shape index (κ3) is 2.11. The van der Waals surface area contributed by atoms with Gasteiger partial charge in [0.2, 0.25) is 0 Å². The van der Waals surface area contributed by atoms with Crippen molar-refractivity contribution in [2.45, 2.75) is 26.3 Å². The van der Waals surface area contributed by atoms with Gasteiger partial charge in [0.05, 0.1) is 6.26 Å². The third-order valence-electron chi connectivity index (χ3n) is 2.24. The molecule has 0 saturated heterocycles. The fraction of sp³-hybridized carbons (Fsp3) is 0.600. The lowest BCUT2D eigenvalue weighted by atomic mass is 10.3. The van der Waals surface area contributed by atoms with Gasteiger partial charge in [-0.15, -0.1) is 0 Å². The number of furan rings is 1. The first-order valence-electron chi connectivity index (χ1n) is 4.59. The van der Waals surface area contributed by atoms with Gasteiger partial charge in [-0.3, -0.25) is 0 Å². The molecule has 2 nitrogen and oxygen atoms in total. The summed E-state index contributed by atoms with van der Waals surface area (Å²) in [7, 11) is 0. The molecule has 1 N–H and O–H groups in total. The summed E-state index contributed by atoms with van der Waals surface area (Å²) >= 11 is 0. The van der Waals surface area contributed by atoms with Crippen LogP contribution in [0.3, 0.4) is 0 Å². The van der Waals surface area contributed by atoms with E-state index in [1.807, 2.05) is 13.2 Å². The standard InChI is InChI=1S/C10H15NO/c1-8-4-10(7-12-8)6-11-5-9-2-3-9/h4,7,9,11H,2-3,5-6H2,1H3. The molecule has 0 aromatic carbocycles. The van der Waals surface area contributed by atoms with Gasteiger partial charge < -0.3 is 9.73 Å². The molecule has 12 heavy (non-hydrogen) atoms. The Bertz CT molecular complexity index is 250. The van der Waals surface area contributed by atoms with Gasteiger partial charge in [-0.1, -0.05) is 0 Å². The highest BCUT2D eigenvalue weighted by atomic mass is 16.3. The molecule has 2 heteroatoms. The lowest BCUT2D eigenvalue weighted by Crippen LogP contribution is -2.15. The minimum Gasteiger partial charge on any atom is -0.469 e. The second-order valence-corrected chi connectivity index (χ2v) is 3.64. The van der Waals surface area contributed by atoms with E-state index in [0.717, 1.165) is 18.2 Å². The van der Waals surface area contributed by atoms with Crippen LogP contribution in [0.15, 0.2) is 16.7 Å². The van der Waals surface area contributed by atoms with Gasteiger partial charge in [0.1, 0.15) is 5.76 Å². The molecule has 1 aliphatic carbocycles. The molecule has 0 amide bonds. The van der Waals surface area contributed by atoms with Gasteiger partial charge in [-0.2, -0.15) is 0 Å². The third-order valence-corrected chi connectivity index (χ3v) is 2.24. The summed E-state index contributed by atoms with van der Waals surface area (Å²) in [4.78, 5) is 0. The summed E-state index contributed by atoms with van der Waals surface area (Å²) in [6, 6.07) is 2.08. The fourth-order valence-corrected chi connectivity index (χ4v) is 1.33. The zero-order chi connectivity index (χ0) is 8.39. The molecule has 0 atom stereocenters. The van der Waals surface area contributed by atoms with Crippen molar-refractivity contribution in [2.24, 2.45) is 5.92 Å². The van der Waals surface area contributed by atoms with E-state index < -0.39 is 0 Å². The number of hydrogen-bond acceptors (Lipinski definition) is 2. The van der Waals surface area contributed by atoms with Gasteiger partial charge in [0, 0.05) is 12.1 Å². The molecule has 0 spiro atoms. The number of aryl methyl sites for hydroxylation is 1. The molecular weight excluding hydrogens is 150 g/mol. The molecule has 1 aliphatic rings. The largest absolute Gasteiger partial charge is 0.469 e. The molecule has 1 aromatic heterocycles.